The van der Waals surface area contributed by atoms with Gasteiger partial charge in [-0.05, 0) is 5.92 Å². The quantitative estimate of drug-likeness (QED) is 0.494. The molecule has 0 bridgehead atoms. The van der Waals surface area contributed by atoms with Crippen LogP contribution < -0.4 is 0 Å². The van der Waals surface area contributed by atoms with Gasteiger partial charge >= 0.3 is 0 Å². The Balaban J connectivity index is 4.27. The van der Waals surface area contributed by atoms with E-state index in [0.717, 1.165) is 0 Å². The SMILES string of the molecule is CC(C)[C@@H](SSC(C)(C)C)C(Cl)(Cl)Cl. The molecule has 0 unspecified atom stereocenters. The highest BCUT2D eigenvalue weighted by Crippen LogP contribution is 2.49. The molecule has 0 amide bonds. The van der Waals surface area contributed by atoms with Crippen LogP contribution in [0, 0.1) is 5.92 Å². The maximum Gasteiger partial charge on any atom is 0.203 e. The molecule has 0 spiro atoms. The summed E-state index contributed by atoms with van der Waals surface area (Å²) in [6, 6.07) is 0. The fourth-order valence-corrected chi connectivity index (χ4v) is 5.37. The Morgan fingerprint density at radius 2 is 1.43 bits per heavy atom. The maximum atomic E-state index is 5.92. The Hall–Kier alpha value is 1.57. The molecule has 0 radical (unpaired) electrons. The summed E-state index contributed by atoms with van der Waals surface area (Å²) >= 11 is 17.8. The molecule has 86 valence electrons. The first-order valence-corrected chi connectivity index (χ1v) is 7.80. The van der Waals surface area contributed by atoms with E-state index in [1.165, 1.54) is 0 Å². The van der Waals surface area contributed by atoms with Crippen molar-refractivity contribution < 1.29 is 0 Å². The summed E-state index contributed by atoms with van der Waals surface area (Å²) in [5.41, 5.74) is 0. The summed E-state index contributed by atoms with van der Waals surface area (Å²) in [7, 11) is 3.42. The molecular formula is C9H17Cl3S2. The maximum absolute atomic E-state index is 5.92. The van der Waals surface area contributed by atoms with Crippen molar-refractivity contribution in [2.45, 2.75) is 48.4 Å². The molecule has 0 N–H and O–H groups in total. The fraction of sp³-hybridized carbons (Fsp3) is 1.00. The third-order valence-electron chi connectivity index (χ3n) is 1.33. The van der Waals surface area contributed by atoms with Gasteiger partial charge in [-0.3, -0.25) is 0 Å². The molecule has 1 atom stereocenters. The highest BCUT2D eigenvalue weighted by molar-refractivity contribution is 8.77. The average molecular weight is 296 g/mol. The summed E-state index contributed by atoms with van der Waals surface area (Å²) in [5, 5.41) is 0.0247. The number of hydrogen-bond acceptors (Lipinski definition) is 2. The molecule has 14 heavy (non-hydrogen) atoms. The van der Waals surface area contributed by atoms with Crippen LogP contribution >= 0.6 is 56.4 Å². The van der Waals surface area contributed by atoms with E-state index in [2.05, 4.69) is 34.6 Å². The average Bonchev–Trinajstić information content (AvgIpc) is 1.79. The topological polar surface area (TPSA) is 0 Å². The van der Waals surface area contributed by atoms with Crippen molar-refractivity contribution in [3.8, 4) is 0 Å². The molecule has 0 aromatic rings. The molecule has 5 heteroatoms. The molecule has 0 saturated carbocycles. The second-order valence-corrected chi connectivity index (χ2v) is 10.0. The molecule has 0 aliphatic rings. The van der Waals surface area contributed by atoms with E-state index >= 15 is 0 Å². The van der Waals surface area contributed by atoms with Gasteiger partial charge in [0.15, 0.2) is 0 Å². The van der Waals surface area contributed by atoms with Gasteiger partial charge in [0.05, 0.1) is 5.25 Å². The molecule has 0 aromatic heterocycles. The van der Waals surface area contributed by atoms with E-state index in [0.29, 0.717) is 5.92 Å². The van der Waals surface area contributed by atoms with Crippen molar-refractivity contribution in [1.29, 1.82) is 0 Å². The Kier molecular flexibility index (Phi) is 6.41. The fourth-order valence-electron chi connectivity index (χ4n) is 0.740. The number of hydrogen-bond donors (Lipinski definition) is 0. The van der Waals surface area contributed by atoms with Crippen molar-refractivity contribution in [3.05, 3.63) is 0 Å². The molecule has 0 aliphatic heterocycles. The Labute approximate surface area is 110 Å². The van der Waals surface area contributed by atoms with Crippen LogP contribution in [-0.2, 0) is 0 Å². The van der Waals surface area contributed by atoms with Crippen molar-refractivity contribution in [1.82, 2.24) is 0 Å². The van der Waals surface area contributed by atoms with Gasteiger partial charge in [-0.1, -0.05) is 91.0 Å². The smallest absolute Gasteiger partial charge is 0.0877 e. The van der Waals surface area contributed by atoms with Gasteiger partial charge in [0.1, 0.15) is 0 Å². The van der Waals surface area contributed by atoms with E-state index in [4.69, 9.17) is 34.8 Å². The molecule has 0 fully saturated rings. The van der Waals surface area contributed by atoms with Gasteiger partial charge in [-0.2, -0.15) is 0 Å². The van der Waals surface area contributed by atoms with Crippen molar-refractivity contribution in [2.75, 3.05) is 0 Å². The van der Waals surface area contributed by atoms with E-state index in [1.807, 2.05) is 0 Å². The van der Waals surface area contributed by atoms with E-state index < -0.39 is 3.79 Å². The molecule has 0 rings (SSSR count). The first-order valence-electron chi connectivity index (χ1n) is 4.45. The number of rotatable bonds is 3. The molecule has 0 heterocycles. The zero-order valence-corrected chi connectivity index (χ0v) is 13.0. The van der Waals surface area contributed by atoms with Crippen molar-refractivity contribution in [2.24, 2.45) is 5.92 Å². The lowest BCUT2D eigenvalue weighted by molar-refractivity contribution is 0.617. The van der Waals surface area contributed by atoms with Crippen LogP contribution in [0.2, 0.25) is 0 Å². The zero-order chi connectivity index (χ0) is 11.6. The lowest BCUT2D eigenvalue weighted by Crippen LogP contribution is -2.27. The minimum atomic E-state index is -1.18. The molecular weight excluding hydrogens is 279 g/mol. The standard InChI is InChI=1S/C9H17Cl3S2/c1-6(2)7(9(10,11)12)13-14-8(3,4)5/h6-7H,1-5H3/t7-/m1/s1. The van der Waals surface area contributed by atoms with Crippen molar-refractivity contribution >= 4 is 56.4 Å². The Morgan fingerprint density at radius 1 is 1.00 bits per heavy atom. The summed E-state index contributed by atoms with van der Waals surface area (Å²) in [5.74, 6) is 0.349. The van der Waals surface area contributed by atoms with Crippen LogP contribution in [0.25, 0.3) is 0 Å². The van der Waals surface area contributed by atoms with Gasteiger partial charge in [0.2, 0.25) is 3.79 Å². The third-order valence-corrected chi connectivity index (χ3v) is 6.54. The highest BCUT2D eigenvalue weighted by atomic mass is 35.6. The van der Waals surface area contributed by atoms with Crippen LogP contribution in [0.4, 0.5) is 0 Å². The van der Waals surface area contributed by atoms with Gasteiger partial charge in [0.25, 0.3) is 0 Å². The van der Waals surface area contributed by atoms with Gasteiger partial charge in [-0.15, -0.1) is 0 Å². The van der Waals surface area contributed by atoms with E-state index in [9.17, 15) is 0 Å². The molecule has 0 nitrogen and oxygen atoms in total. The Bertz CT molecular complexity index is 170. The first-order chi connectivity index (χ1) is 6.04. The summed E-state index contributed by atoms with van der Waals surface area (Å²) in [4.78, 5) is 0. The monoisotopic (exact) mass is 294 g/mol. The summed E-state index contributed by atoms with van der Waals surface area (Å²) < 4.78 is -0.995. The predicted octanol–water partition coefficient (Wildman–Crippen LogP) is 5.56. The lowest BCUT2D eigenvalue weighted by atomic mass is 10.1. The second-order valence-electron chi connectivity index (χ2n) is 4.50. The zero-order valence-electron chi connectivity index (χ0n) is 9.11. The van der Waals surface area contributed by atoms with Gasteiger partial charge < -0.3 is 0 Å². The normalized spacial score (nSPS) is 16.1. The third kappa shape index (κ3) is 6.95. The van der Waals surface area contributed by atoms with Crippen LogP contribution in [0.1, 0.15) is 34.6 Å². The summed E-state index contributed by atoms with van der Waals surface area (Å²) in [6.07, 6.45) is 0. The van der Waals surface area contributed by atoms with Gasteiger partial charge in [-0.25, -0.2) is 0 Å². The molecule has 0 saturated heterocycles. The lowest BCUT2D eigenvalue weighted by Gasteiger charge is -2.29. The van der Waals surface area contributed by atoms with Crippen LogP contribution in [0.3, 0.4) is 0 Å². The van der Waals surface area contributed by atoms with Crippen molar-refractivity contribution in [3.63, 3.8) is 0 Å². The van der Waals surface area contributed by atoms with Gasteiger partial charge in [0, 0.05) is 4.75 Å². The predicted molar refractivity (Wildman–Crippen MR) is 73.9 cm³/mol. The summed E-state index contributed by atoms with van der Waals surface area (Å²) in [6.45, 7) is 10.6. The molecule has 0 aliphatic carbocycles. The van der Waals surface area contributed by atoms with Crippen LogP contribution in [0.15, 0.2) is 0 Å². The molecule has 0 aromatic carbocycles. The highest BCUT2D eigenvalue weighted by Gasteiger charge is 2.36. The number of halogens is 3. The van der Waals surface area contributed by atoms with E-state index in [-0.39, 0.29) is 10.00 Å². The minimum Gasteiger partial charge on any atom is -0.0877 e. The van der Waals surface area contributed by atoms with Crippen LogP contribution in [0.5, 0.6) is 0 Å². The number of alkyl halides is 3. The minimum absolute atomic E-state index is 0.0247. The second kappa shape index (κ2) is 5.77. The largest absolute Gasteiger partial charge is 0.203 e. The van der Waals surface area contributed by atoms with E-state index in [1.54, 1.807) is 21.6 Å². The first kappa shape index (κ1) is 15.6. The van der Waals surface area contributed by atoms with Crippen LogP contribution in [-0.4, -0.2) is 13.8 Å². The Morgan fingerprint density at radius 3 is 1.64 bits per heavy atom.